The lowest BCUT2D eigenvalue weighted by Crippen LogP contribution is -2.41. The van der Waals surface area contributed by atoms with E-state index in [1.54, 1.807) is 6.92 Å². The van der Waals surface area contributed by atoms with Crippen LogP contribution in [0.3, 0.4) is 0 Å². The highest BCUT2D eigenvalue weighted by molar-refractivity contribution is 7.86. The van der Waals surface area contributed by atoms with Gasteiger partial charge in [0.15, 0.2) is 0 Å². The van der Waals surface area contributed by atoms with Crippen molar-refractivity contribution in [2.75, 3.05) is 6.26 Å². The molecule has 0 aromatic carbocycles. The summed E-state index contributed by atoms with van der Waals surface area (Å²) in [7, 11) is -3.39. The molecule has 0 spiro atoms. The van der Waals surface area contributed by atoms with Gasteiger partial charge in [0.25, 0.3) is 10.1 Å². The van der Waals surface area contributed by atoms with Crippen LogP contribution in [-0.4, -0.2) is 38.5 Å². The molecule has 1 N–H and O–H groups in total. The fourth-order valence-electron chi connectivity index (χ4n) is 2.82. The first-order valence-electron chi connectivity index (χ1n) is 7.82. The van der Waals surface area contributed by atoms with Crippen LogP contribution in [0.2, 0.25) is 0 Å². The molecule has 0 heterocycles. The summed E-state index contributed by atoms with van der Waals surface area (Å²) < 4.78 is 32.4. The summed E-state index contributed by atoms with van der Waals surface area (Å²) in [5.74, 6) is 0.438. The highest BCUT2D eigenvalue weighted by atomic mass is 32.2. The summed E-state index contributed by atoms with van der Waals surface area (Å²) in [5.41, 5.74) is -0.486. The number of carbonyl (C=O) groups is 1. The standard InChI is InChI=1S/C15H29NO5S/c1-11(21-22(5,18)19)10-12-6-8-13(9-7-12)16-14(17)20-15(2,3)4/h11-13H,6-10H2,1-5H3,(H,16,17). The molecule has 1 saturated carbocycles. The molecule has 0 radical (unpaired) electrons. The molecule has 0 saturated heterocycles. The second-order valence-electron chi connectivity index (χ2n) is 7.21. The van der Waals surface area contributed by atoms with E-state index in [0.29, 0.717) is 5.92 Å². The van der Waals surface area contributed by atoms with Gasteiger partial charge in [0.1, 0.15) is 5.60 Å². The summed E-state index contributed by atoms with van der Waals surface area (Å²) in [6.07, 6.45) is 4.82. The maximum absolute atomic E-state index is 11.7. The molecule has 1 aliphatic carbocycles. The molecular formula is C15H29NO5S. The van der Waals surface area contributed by atoms with E-state index in [9.17, 15) is 13.2 Å². The molecular weight excluding hydrogens is 306 g/mol. The Kier molecular flexibility index (Phi) is 6.67. The summed E-state index contributed by atoms with van der Waals surface area (Å²) >= 11 is 0. The van der Waals surface area contributed by atoms with Crippen molar-refractivity contribution in [1.82, 2.24) is 5.32 Å². The van der Waals surface area contributed by atoms with Gasteiger partial charge in [-0.3, -0.25) is 4.18 Å². The van der Waals surface area contributed by atoms with E-state index < -0.39 is 15.7 Å². The molecule has 1 aliphatic rings. The molecule has 1 amide bonds. The highest BCUT2D eigenvalue weighted by Crippen LogP contribution is 2.29. The van der Waals surface area contributed by atoms with E-state index in [1.165, 1.54) is 0 Å². The molecule has 0 aromatic rings. The predicted molar refractivity (Wildman–Crippen MR) is 85.1 cm³/mol. The van der Waals surface area contributed by atoms with Crippen molar-refractivity contribution in [1.29, 1.82) is 0 Å². The topological polar surface area (TPSA) is 81.7 Å². The smallest absolute Gasteiger partial charge is 0.407 e. The molecule has 1 rings (SSSR count). The van der Waals surface area contributed by atoms with Gasteiger partial charge in [-0.15, -0.1) is 0 Å². The lowest BCUT2D eigenvalue weighted by molar-refractivity contribution is 0.0482. The molecule has 0 aliphatic heterocycles. The van der Waals surface area contributed by atoms with Crippen LogP contribution in [0.5, 0.6) is 0 Å². The summed E-state index contributed by atoms with van der Waals surface area (Å²) in [4.78, 5) is 11.7. The van der Waals surface area contributed by atoms with Crippen molar-refractivity contribution < 1.29 is 22.1 Å². The maximum Gasteiger partial charge on any atom is 0.407 e. The Labute approximate surface area is 134 Å². The molecule has 1 unspecified atom stereocenters. The van der Waals surface area contributed by atoms with Crippen molar-refractivity contribution in [3.63, 3.8) is 0 Å². The van der Waals surface area contributed by atoms with Crippen LogP contribution in [0.15, 0.2) is 0 Å². The average molecular weight is 335 g/mol. The van der Waals surface area contributed by atoms with Gasteiger partial charge < -0.3 is 10.1 Å². The van der Waals surface area contributed by atoms with E-state index in [2.05, 4.69) is 5.32 Å². The van der Waals surface area contributed by atoms with Crippen LogP contribution in [0.4, 0.5) is 4.79 Å². The number of hydrogen-bond donors (Lipinski definition) is 1. The van der Waals surface area contributed by atoms with Crippen molar-refractivity contribution in [3.8, 4) is 0 Å². The Hall–Kier alpha value is -0.820. The zero-order valence-corrected chi connectivity index (χ0v) is 15.0. The Bertz CT molecular complexity index is 461. The average Bonchev–Trinajstić information content (AvgIpc) is 2.26. The van der Waals surface area contributed by atoms with Crippen molar-refractivity contribution in [3.05, 3.63) is 0 Å². The Balaban J connectivity index is 2.30. The minimum absolute atomic E-state index is 0.136. The number of rotatable bonds is 5. The number of ether oxygens (including phenoxy) is 1. The summed E-state index contributed by atoms with van der Waals surface area (Å²) in [6.45, 7) is 7.30. The monoisotopic (exact) mass is 335 g/mol. The van der Waals surface area contributed by atoms with Gasteiger partial charge in [-0.2, -0.15) is 8.42 Å². The summed E-state index contributed by atoms with van der Waals surface area (Å²) in [6, 6.07) is 0.136. The van der Waals surface area contributed by atoms with Gasteiger partial charge in [0.2, 0.25) is 0 Å². The van der Waals surface area contributed by atoms with Crippen LogP contribution < -0.4 is 5.32 Å². The Morgan fingerprint density at radius 1 is 1.23 bits per heavy atom. The Morgan fingerprint density at radius 3 is 2.23 bits per heavy atom. The fourth-order valence-corrected chi connectivity index (χ4v) is 3.50. The van der Waals surface area contributed by atoms with Crippen LogP contribution in [0, 0.1) is 5.92 Å². The first-order valence-corrected chi connectivity index (χ1v) is 9.64. The predicted octanol–water partition coefficient (Wildman–Crippen LogP) is 2.82. The van der Waals surface area contributed by atoms with Gasteiger partial charge in [-0.05, 0) is 65.7 Å². The third-order valence-corrected chi connectivity index (χ3v) is 4.25. The second kappa shape index (κ2) is 7.64. The second-order valence-corrected chi connectivity index (χ2v) is 8.81. The number of hydrogen-bond acceptors (Lipinski definition) is 5. The van der Waals surface area contributed by atoms with Crippen LogP contribution in [0.1, 0.15) is 59.8 Å². The summed E-state index contributed by atoms with van der Waals surface area (Å²) in [5, 5.41) is 2.90. The number of carbonyl (C=O) groups excluding carboxylic acids is 1. The van der Waals surface area contributed by atoms with E-state index in [0.717, 1.165) is 38.4 Å². The molecule has 0 aromatic heterocycles. The van der Waals surface area contributed by atoms with E-state index in [1.807, 2.05) is 20.8 Å². The van der Waals surface area contributed by atoms with Crippen LogP contribution in [0.25, 0.3) is 0 Å². The SMILES string of the molecule is CC(CC1CCC(NC(=O)OC(C)(C)C)CC1)OS(C)(=O)=O. The molecule has 0 bridgehead atoms. The number of amides is 1. The third kappa shape index (κ3) is 8.58. The lowest BCUT2D eigenvalue weighted by atomic mass is 9.83. The van der Waals surface area contributed by atoms with Gasteiger partial charge in [0, 0.05) is 6.04 Å². The van der Waals surface area contributed by atoms with Crippen LogP contribution >= 0.6 is 0 Å². The molecule has 6 nitrogen and oxygen atoms in total. The normalized spacial score (nSPS) is 24.6. The van der Waals surface area contributed by atoms with E-state index >= 15 is 0 Å². The van der Waals surface area contributed by atoms with Gasteiger partial charge in [-0.25, -0.2) is 4.79 Å². The van der Waals surface area contributed by atoms with Crippen LogP contribution in [-0.2, 0) is 19.0 Å². The molecule has 22 heavy (non-hydrogen) atoms. The van der Waals surface area contributed by atoms with Crippen molar-refractivity contribution in [2.24, 2.45) is 5.92 Å². The Morgan fingerprint density at radius 2 is 1.77 bits per heavy atom. The lowest BCUT2D eigenvalue weighted by Gasteiger charge is -2.31. The van der Waals surface area contributed by atoms with Crippen molar-refractivity contribution >= 4 is 16.2 Å². The highest BCUT2D eigenvalue weighted by Gasteiger charge is 2.26. The van der Waals surface area contributed by atoms with Gasteiger partial charge in [0.05, 0.1) is 12.4 Å². The zero-order chi connectivity index (χ0) is 17.0. The number of nitrogens with one attached hydrogen (secondary N) is 1. The van der Waals surface area contributed by atoms with E-state index in [4.69, 9.17) is 8.92 Å². The molecule has 130 valence electrons. The molecule has 1 atom stereocenters. The first kappa shape index (κ1) is 19.2. The largest absolute Gasteiger partial charge is 0.444 e. The maximum atomic E-state index is 11.7. The minimum Gasteiger partial charge on any atom is -0.444 e. The zero-order valence-electron chi connectivity index (χ0n) is 14.2. The van der Waals surface area contributed by atoms with Crippen molar-refractivity contribution in [2.45, 2.75) is 77.5 Å². The molecule has 1 fully saturated rings. The molecule has 7 heteroatoms. The fraction of sp³-hybridized carbons (Fsp3) is 0.933. The van der Waals surface area contributed by atoms with Gasteiger partial charge in [-0.1, -0.05) is 0 Å². The van der Waals surface area contributed by atoms with E-state index in [-0.39, 0.29) is 18.2 Å². The quantitative estimate of drug-likeness (QED) is 0.781. The first-order chi connectivity index (χ1) is 9.94. The van der Waals surface area contributed by atoms with Gasteiger partial charge >= 0.3 is 6.09 Å². The number of alkyl carbamates (subject to hydrolysis) is 1. The minimum atomic E-state index is -3.39. The third-order valence-electron chi connectivity index (χ3n) is 3.57.